The summed E-state index contributed by atoms with van der Waals surface area (Å²) in [5, 5.41) is -0.270. The number of hydrogen-bond acceptors (Lipinski definition) is 3. The smallest absolute Gasteiger partial charge is 0.246 e. The monoisotopic (exact) mass is 320 g/mol. The van der Waals surface area contributed by atoms with Crippen molar-refractivity contribution in [2.24, 2.45) is 0 Å². The van der Waals surface area contributed by atoms with E-state index in [0.29, 0.717) is 13.0 Å². The lowest BCUT2D eigenvalue weighted by atomic mass is 10.0. The molecule has 1 aliphatic rings. The number of rotatable bonds is 3. The van der Waals surface area contributed by atoms with E-state index in [2.05, 4.69) is 0 Å². The highest BCUT2D eigenvalue weighted by molar-refractivity contribution is 7.89. The highest BCUT2D eigenvalue weighted by atomic mass is 35.5. The Bertz CT molecular complexity index is 607. The Labute approximate surface area is 123 Å². The van der Waals surface area contributed by atoms with Crippen LogP contribution in [-0.2, 0) is 10.0 Å². The Hall–Kier alpha value is -0.850. The molecule has 0 bridgehead atoms. The first-order chi connectivity index (χ1) is 9.37. The maximum absolute atomic E-state index is 14.1. The van der Waals surface area contributed by atoms with Crippen molar-refractivity contribution >= 4 is 27.3 Å². The van der Waals surface area contributed by atoms with Crippen LogP contribution in [0.15, 0.2) is 17.0 Å². The maximum Gasteiger partial charge on any atom is 0.246 e. The van der Waals surface area contributed by atoms with E-state index in [0.717, 1.165) is 25.3 Å². The molecule has 2 N–H and O–H groups in total. The van der Waals surface area contributed by atoms with E-state index in [-0.39, 0.29) is 16.8 Å². The van der Waals surface area contributed by atoms with Crippen molar-refractivity contribution in [3.8, 4) is 0 Å². The van der Waals surface area contributed by atoms with Crippen molar-refractivity contribution in [3.63, 3.8) is 0 Å². The third-order valence-corrected chi connectivity index (χ3v) is 5.87. The van der Waals surface area contributed by atoms with Gasteiger partial charge >= 0.3 is 0 Å². The number of anilines is 1. The minimum absolute atomic E-state index is 0.0895. The third kappa shape index (κ3) is 2.77. The number of nitrogens with zero attached hydrogens (tertiary/aromatic N) is 1. The van der Waals surface area contributed by atoms with Crippen molar-refractivity contribution in [3.05, 3.63) is 23.0 Å². The van der Waals surface area contributed by atoms with Gasteiger partial charge in [0.1, 0.15) is 4.90 Å². The quantitative estimate of drug-likeness (QED) is 0.871. The Morgan fingerprint density at radius 2 is 2.15 bits per heavy atom. The fourth-order valence-corrected chi connectivity index (χ4v) is 4.77. The fraction of sp³-hybridized carbons (Fsp3) is 0.538. The second kappa shape index (κ2) is 5.87. The molecule has 0 saturated carbocycles. The molecule has 0 aromatic heterocycles. The molecule has 1 saturated heterocycles. The Kier molecular flexibility index (Phi) is 4.56. The number of benzene rings is 1. The molecule has 4 nitrogen and oxygen atoms in total. The number of hydrogen-bond donors (Lipinski definition) is 1. The summed E-state index contributed by atoms with van der Waals surface area (Å²) in [5.74, 6) is -0.929. The first-order valence-electron chi connectivity index (χ1n) is 6.64. The molecular weight excluding hydrogens is 303 g/mol. The van der Waals surface area contributed by atoms with Crippen molar-refractivity contribution in [2.45, 2.75) is 43.5 Å². The molecule has 1 aromatic carbocycles. The molecule has 0 aliphatic carbocycles. The molecule has 112 valence electrons. The summed E-state index contributed by atoms with van der Waals surface area (Å²) in [6, 6.07) is 2.26. The highest BCUT2D eigenvalue weighted by Gasteiger charge is 2.34. The van der Waals surface area contributed by atoms with Gasteiger partial charge in [0.05, 0.1) is 5.02 Å². The zero-order chi connectivity index (χ0) is 14.9. The van der Waals surface area contributed by atoms with Gasteiger partial charge in [0.2, 0.25) is 10.0 Å². The van der Waals surface area contributed by atoms with Gasteiger partial charge in [0.25, 0.3) is 0 Å². The summed E-state index contributed by atoms with van der Waals surface area (Å²) in [6.45, 7) is 2.34. The standard InChI is InChI=1S/C13H18ClFN2O2S/c1-2-10-5-3-4-6-17(10)20(18,19)12-8-9(16)7-11(14)13(12)15/h7-8,10H,2-6,16H2,1H3. The van der Waals surface area contributed by atoms with E-state index in [4.69, 9.17) is 17.3 Å². The lowest BCUT2D eigenvalue weighted by Gasteiger charge is -2.34. The zero-order valence-electron chi connectivity index (χ0n) is 11.3. The first kappa shape index (κ1) is 15.5. The normalized spacial score (nSPS) is 21.1. The summed E-state index contributed by atoms with van der Waals surface area (Å²) in [5.41, 5.74) is 5.73. The minimum Gasteiger partial charge on any atom is -0.399 e. The van der Waals surface area contributed by atoms with Gasteiger partial charge in [-0.05, 0) is 31.4 Å². The largest absolute Gasteiger partial charge is 0.399 e. The van der Waals surface area contributed by atoms with Crippen LogP contribution >= 0.6 is 11.6 Å². The summed E-state index contributed by atoms with van der Waals surface area (Å²) >= 11 is 5.70. The summed E-state index contributed by atoms with van der Waals surface area (Å²) < 4.78 is 40.8. The van der Waals surface area contributed by atoms with Gasteiger partial charge in [0, 0.05) is 18.3 Å². The van der Waals surface area contributed by atoms with Crippen molar-refractivity contribution < 1.29 is 12.8 Å². The van der Waals surface area contributed by atoms with Crippen LogP contribution in [0.4, 0.5) is 10.1 Å². The van der Waals surface area contributed by atoms with E-state index in [1.54, 1.807) is 0 Å². The summed E-state index contributed by atoms with van der Waals surface area (Å²) in [6.07, 6.45) is 3.28. The first-order valence-corrected chi connectivity index (χ1v) is 8.46. The average Bonchev–Trinajstić information content (AvgIpc) is 2.42. The molecule has 0 spiro atoms. The zero-order valence-corrected chi connectivity index (χ0v) is 12.8. The molecule has 1 aliphatic heterocycles. The van der Waals surface area contributed by atoms with Crippen molar-refractivity contribution in [1.82, 2.24) is 4.31 Å². The molecule has 1 unspecified atom stereocenters. The second-order valence-corrected chi connectivity index (χ2v) is 7.25. The molecule has 0 radical (unpaired) electrons. The van der Waals surface area contributed by atoms with Crippen LogP contribution in [0.1, 0.15) is 32.6 Å². The van der Waals surface area contributed by atoms with E-state index in [1.807, 2.05) is 6.92 Å². The number of nitrogen functional groups attached to an aromatic ring is 1. The van der Waals surface area contributed by atoms with Crippen LogP contribution < -0.4 is 5.73 Å². The van der Waals surface area contributed by atoms with Gasteiger partial charge in [0.15, 0.2) is 5.82 Å². The summed E-state index contributed by atoms with van der Waals surface area (Å²) in [7, 11) is -3.91. The van der Waals surface area contributed by atoms with Gasteiger partial charge in [-0.3, -0.25) is 0 Å². The minimum atomic E-state index is -3.91. The molecule has 1 fully saturated rings. The highest BCUT2D eigenvalue weighted by Crippen LogP contribution is 2.32. The Morgan fingerprint density at radius 3 is 2.80 bits per heavy atom. The molecule has 7 heteroatoms. The predicted octanol–water partition coefficient (Wildman–Crippen LogP) is 3.01. The van der Waals surface area contributed by atoms with Gasteiger partial charge in [-0.2, -0.15) is 4.31 Å². The van der Waals surface area contributed by atoms with E-state index in [1.165, 1.54) is 10.4 Å². The molecule has 1 aromatic rings. The number of nitrogens with two attached hydrogens (primary N) is 1. The Balaban J connectivity index is 2.49. The van der Waals surface area contributed by atoms with Crippen molar-refractivity contribution in [1.29, 1.82) is 0 Å². The van der Waals surface area contributed by atoms with Gasteiger partial charge in [-0.15, -0.1) is 0 Å². The Morgan fingerprint density at radius 1 is 1.45 bits per heavy atom. The lowest BCUT2D eigenvalue weighted by molar-refractivity contribution is 0.246. The maximum atomic E-state index is 14.1. The third-order valence-electron chi connectivity index (χ3n) is 3.65. The van der Waals surface area contributed by atoms with Crippen LogP contribution in [0.3, 0.4) is 0 Å². The van der Waals surface area contributed by atoms with Crippen LogP contribution in [0.5, 0.6) is 0 Å². The number of halogens is 2. The number of piperidine rings is 1. The average molecular weight is 321 g/mol. The van der Waals surface area contributed by atoms with Crippen LogP contribution in [0.2, 0.25) is 5.02 Å². The van der Waals surface area contributed by atoms with E-state index < -0.39 is 20.7 Å². The van der Waals surface area contributed by atoms with Gasteiger partial charge in [-0.25, -0.2) is 12.8 Å². The SMILES string of the molecule is CCC1CCCCN1S(=O)(=O)c1cc(N)cc(Cl)c1F. The molecule has 0 amide bonds. The van der Waals surface area contributed by atoms with Crippen LogP contribution in [0, 0.1) is 5.82 Å². The molecule has 2 rings (SSSR count). The van der Waals surface area contributed by atoms with Crippen LogP contribution in [0.25, 0.3) is 0 Å². The molecule has 1 atom stereocenters. The lowest BCUT2D eigenvalue weighted by Crippen LogP contribution is -2.43. The molecule has 1 heterocycles. The predicted molar refractivity (Wildman–Crippen MR) is 77.6 cm³/mol. The van der Waals surface area contributed by atoms with Crippen LogP contribution in [-0.4, -0.2) is 25.3 Å². The van der Waals surface area contributed by atoms with E-state index >= 15 is 0 Å². The fourth-order valence-electron chi connectivity index (χ4n) is 2.60. The van der Waals surface area contributed by atoms with Gasteiger partial charge in [-0.1, -0.05) is 24.9 Å². The molecule has 20 heavy (non-hydrogen) atoms. The van der Waals surface area contributed by atoms with Gasteiger partial charge < -0.3 is 5.73 Å². The summed E-state index contributed by atoms with van der Waals surface area (Å²) in [4.78, 5) is -0.428. The second-order valence-electron chi connectivity index (χ2n) is 4.99. The molecular formula is C13H18ClFN2O2S. The topological polar surface area (TPSA) is 63.4 Å². The van der Waals surface area contributed by atoms with Crippen molar-refractivity contribution in [2.75, 3.05) is 12.3 Å². The van der Waals surface area contributed by atoms with E-state index in [9.17, 15) is 12.8 Å². The number of sulfonamides is 1.